The summed E-state index contributed by atoms with van der Waals surface area (Å²) in [6.07, 6.45) is 4.30. The van der Waals surface area contributed by atoms with Crippen molar-refractivity contribution in [3.05, 3.63) is 29.3 Å². The number of hydrogen-bond donors (Lipinski definition) is 1. The molecule has 1 aliphatic carbocycles. The molecule has 0 radical (unpaired) electrons. The van der Waals surface area contributed by atoms with Gasteiger partial charge in [0, 0.05) is 6.04 Å². The van der Waals surface area contributed by atoms with Crippen molar-refractivity contribution in [2.24, 2.45) is 5.92 Å². The third kappa shape index (κ3) is 4.33. The average molecular weight is 367 g/mol. The minimum atomic E-state index is -3.51. The summed E-state index contributed by atoms with van der Waals surface area (Å²) < 4.78 is 25.6. The number of fused-ring (bicyclic) bond motifs is 1. The fourth-order valence-electron chi connectivity index (χ4n) is 3.20. The van der Waals surface area contributed by atoms with E-state index in [0.29, 0.717) is 10.9 Å². The van der Waals surface area contributed by atoms with Crippen LogP contribution in [0, 0.1) is 5.92 Å². The molecule has 1 amide bonds. The Morgan fingerprint density at radius 3 is 2.79 bits per heavy atom. The van der Waals surface area contributed by atoms with Crippen molar-refractivity contribution < 1.29 is 13.2 Å². The standard InChI is InChI=1S/C17H22N2O3S2/c1-12-6-2-3-7-13(12)18-16(20)10-24(21,22)11-17-19-14-8-4-5-9-15(14)23-17/h4-5,8-9,12-13H,2-3,6-7,10-11H2,1H3,(H,18,20)/t12-,13-/m0/s1. The molecule has 0 bridgehead atoms. The number of aromatic nitrogens is 1. The van der Waals surface area contributed by atoms with Gasteiger partial charge in [0.05, 0.1) is 10.2 Å². The van der Waals surface area contributed by atoms with Crippen LogP contribution in [0.4, 0.5) is 0 Å². The lowest BCUT2D eigenvalue weighted by atomic mass is 9.86. The molecule has 0 spiro atoms. The van der Waals surface area contributed by atoms with Gasteiger partial charge in [-0.1, -0.05) is 31.9 Å². The Balaban J connectivity index is 1.61. The maximum atomic E-state index is 12.3. The minimum absolute atomic E-state index is 0.101. The molecule has 1 N–H and O–H groups in total. The van der Waals surface area contributed by atoms with Crippen LogP contribution in [0.1, 0.15) is 37.6 Å². The molecule has 2 aromatic rings. The van der Waals surface area contributed by atoms with Crippen LogP contribution in [0.3, 0.4) is 0 Å². The van der Waals surface area contributed by atoms with Crippen molar-refractivity contribution >= 4 is 37.3 Å². The number of amides is 1. The largest absolute Gasteiger partial charge is 0.352 e. The van der Waals surface area contributed by atoms with Crippen molar-refractivity contribution in [2.45, 2.75) is 44.4 Å². The van der Waals surface area contributed by atoms with E-state index in [9.17, 15) is 13.2 Å². The van der Waals surface area contributed by atoms with Crippen LogP contribution in [-0.2, 0) is 20.4 Å². The number of para-hydroxylation sites is 1. The van der Waals surface area contributed by atoms with E-state index in [2.05, 4.69) is 17.2 Å². The van der Waals surface area contributed by atoms with E-state index in [1.165, 1.54) is 17.8 Å². The maximum Gasteiger partial charge on any atom is 0.235 e. The van der Waals surface area contributed by atoms with Crippen molar-refractivity contribution in [1.82, 2.24) is 10.3 Å². The van der Waals surface area contributed by atoms with Gasteiger partial charge in [0.1, 0.15) is 16.5 Å². The molecule has 5 nitrogen and oxygen atoms in total. The zero-order valence-corrected chi connectivity index (χ0v) is 15.3. The minimum Gasteiger partial charge on any atom is -0.352 e. The molecular weight excluding hydrogens is 344 g/mol. The third-order valence-corrected chi connectivity index (χ3v) is 7.12. The van der Waals surface area contributed by atoms with E-state index in [1.807, 2.05) is 24.3 Å². The molecule has 1 heterocycles. The van der Waals surface area contributed by atoms with Crippen LogP contribution in [0.5, 0.6) is 0 Å². The normalized spacial score (nSPS) is 21.7. The van der Waals surface area contributed by atoms with E-state index < -0.39 is 21.5 Å². The van der Waals surface area contributed by atoms with E-state index >= 15 is 0 Å². The van der Waals surface area contributed by atoms with E-state index in [-0.39, 0.29) is 11.8 Å². The predicted octanol–water partition coefficient (Wildman–Crippen LogP) is 2.91. The molecule has 2 atom stereocenters. The fraction of sp³-hybridized carbons (Fsp3) is 0.529. The molecule has 24 heavy (non-hydrogen) atoms. The van der Waals surface area contributed by atoms with Gasteiger partial charge in [0.25, 0.3) is 0 Å². The van der Waals surface area contributed by atoms with Crippen LogP contribution in [-0.4, -0.2) is 31.1 Å². The van der Waals surface area contributed by atoms with Gasteiger partial charge in [-0.3, -0.25) is 4.79 Å². The number of nitrogens with zero attached hydrogens (tertiary/aromatic N) is 1. The number of nitrogens with one attached hydrogen (secondary N) is 1. The maximum absolute atomic E-state index is 12.3. The Kier molecular flexibility index (Phi) is 5.20. The summed E-state index contributed by atoms with van der Waals surface area (Å²) in [7, 11) is -3.51. The first-order valence-corrected chi connectivity index (χ1v) is 10.9. The molecule has 1 saturated carbocycles. The lowest BCUT2D eigenvalue weighted by Crippen LogP contribution is -2.43. The Bertz CT molecular complexity index is 796. The third-order valence-electron chi connectivity index (χ3n) is 4.49. The molecule has 130 valence electrons. The van der Waals surface area contributed by atoms with E-state index in [4.69, 9.17) is 0 Å². The second-order valence-electron chi connectivity index (χ2n) is 6.54. The molecule has 1 aromatic carbocycles. The molecule has 0 saturated heterocycles. The second kappa shape index (κ2) is 7.19. The van der Waals surface area contributed by atoms with Crippen LogP contribution < -0.4 is 5.32 Å². The summed E-state index contributed by atoms with van der Waals surface area (Å²) in [5, 5.41) is 3.44. The lowest BCUT2D eigenvalue weighted by molar-refractivity contribution is -0.119. The molecular formula is C17H22N2O3S2. The smallest absolute Gasteiger partial charge is 0.235 e. The Morgan fingerprint density at radius 1 is 1.29 bits per heavy atom. The first-order valence-electron chi connectivity index (χ1n) is 8.27. The van der Waals surface area contributed by atoms with Gasteiger partial charge in [-0.05, 0) is 30.9 Å². The number of rotatable bonds is 5. The molecule has 1 aliphatic rings. The summed E-state index contributed by atoms with van der Waals surface area (Å²) in [6, 6.07) is 7.65. The highest BCUT2D eigenvalue weighted by Crippen LogP contribution is 2.24. The van der Waals surface area contributed by atoms with Crippen molar-refractivity contribution in [3.63, 3.8) is 0 Å². The van der Waals surface area contributed by atoms with Crippen molar-refractivity contribution in [3.8, 4) is 0 Å². The van der Waals surface area contributed by atoms with Gasteiger partial charge in [0.2, 0.25) is 5.91 Å². The highest BCUT2D eigenvalue weighted by Gasteiger charge is 2.25. The number of hydrogen-bond acceptors (Lipinski definition) is 5. The Morgan fingerprint density at radius 2 is 2.04 bits per heavy atom. The fourth-order valence-corrected chi connectivity index (χ4v) is 5.76. The first-order chi connectivity index (χ1) is 11.4. The lowest BCUT2D eigenvalue weighted by Gasteiger charge is -2.29. The highest BCUT2D eigenvalue weighted by atomic mass is 32.2. The van der Waals surface area contributed by atoms with Gasteiger partial charge in [-0.2, -0.15) is 0 Å². The van der Waals surface area contributed by atoms with Crippen LogP contribution in [0.25, 0.3) is 10.2 Å². The van der Waals surface area contributed by atoms with Crippen molar-refractivity contribution in [1.29, 1.82) is 0 Å². The summed E-state index contributed by atoms with van der Waals surface area (Å²) in [5.74, 6) is -0.629. The van der Waals surface area contributed by atoms with Crippen LogP contribution in [0.15, 0.2) is 24.3 Å². The predicted molar refractivity (Wildman–Crippen MR) is 96.7 cm³/mol. The van der Waals surface area contributed by atoms with Crippen LogP contribution >= 0.6 is 11.3 Å². The average Bonchev–Trinajstić information content (AvgIpc) is 2.90. The zero-order chi connectivity index (χ0) is 17.2. The van der Waals surface area contributed by atoms with Gasteiger partial charge >= 0.3 is 0 Å². The van der Waals surface area contributed by atoms with Crippen LogP contribution in [0.2, 0.25) is 0 Å². The second-order valence-corrected chi connectivity index (χ2v) is 9.72. The summed E-state index contributed by atoms with van der Waals surface area (Å²) >= 11 is 1.37. The van der Waals surface area contributed by atoms with Crippen molar-refractivity contribution in [2.75, 3.05) is 5.75 Å². The van der Waals surface area contributed by atoms with E-state index in [1.54, 1.807) is 0 Å². The monoisotopic (exact) mass is 366 g/mol. The molecule has 0 unspecified atom stereocenters. The SMILES string of the molecule is C[C@H]1CCCC[C@@H]1NC(=O)CS(=O)(=O)Cc1nc2ccccc2s1. The number of carbonyl (C=O) groups is 1. The highest BCUT2D eigenvalue weighted by molar-refractivity contribution is 7.91. The first kappa shape index (κ1) is 17.4. The number of benzene rings is 1. The van der Waals surface area contributed by atoms with Gasteiger partial charge in [-0.15, -0.1) is 11.3 Å². The van der Waals surface area contributed by atoms with Gasteiger partial charge in [-0.25, -0.2) is 13.4 Å². The number of carbonyl (C=O) groups excluding carboxylic acids is 1. The topological polar surface area (TPSA) is 76.1 Å². The molecule has 1 fully saturated rings. The summed E-state index contributed by atoms with van der Waals surface area (Å²) in [5.41, 5.74) is 0.799. The molecule has 1 aromatic heterocycles. The Hall–Kier alpha value is -1.47. The quantitative estimate of drug-likeness (QED) is 0.883. The number of sulfone groups is 1. The van der Waals surface area contributed by atoms with E-state index in [0.717, 1.165) is 29.5 Å². The zero-order valence-electron chi connectivity index (χ0n) is 13.7. The number of thiazole rings is 1. The molecule has 0 aliphatic heterocycles. The summed E-state index contributed by atoms with van der Waals surface area (Å²) in [6.45, 7) is 2.11. The van der Waals surface area contributed by atoms with Gasteiger partial charge in [0.15, 0.2) is 9.84 Å². The van der Waals surface area contributed by atoms with Gasteiger partial charge < -0.3 is 5.32 Å². The Labute approximate surface area is 146 Å². The molecule has 3 rings (SSSR count). The molecule has 7 heteroatoms. The summed E-state index contributed by atoms with van der Waals surface area (Å²) in [4.78, 5) is 16.5.